The minimum Gasteiger partial charge on any atom is -0.459 e. The summed E-state index contributed by atoms with van der Waals surface area (Å²) < 4.78 is 23.1. The van der Waals surface area contributed by atoms with Gasteiger partial charge in [-0.25, -0.2) is 0 Å². The van der Waals surface area contributed by atoms with Crippen LogP contribution in [0.4, 0.5) is 0 Å². The molecule has 0 aromatic heterocycles. The van der Waals surface area contributed by atoms with Crippen molar-refractivity contribution in [1.29, 1.82) is 0 Å². The molecule has 1 spiro atoms. The summed E-state index contributed by atoms with van der Waals surface area (Å²) in [6.07, 6.45) is 10.3. The summed E-state index contributed by atoms with van der Waals surface area (Å²) in [5, 5.41) is 16.9. The van der Waals surface area contributed by atoms with Gasteiger partial charge in [0.1, 0.15) is 23.9 Å². The van der Waals surface area contributed by atoms with Crippen molar-refractivity contribution >= 4 is 17.8 Å². The molecule has 11 heteroatoms. The maximum absolute atomic E-state index is 12.5. The molecule has 3 aliphatic heterocycles. The molecule has 4 aliphatic rings. The smallest absolute Gasteiger partial charge is 0.303 e. The van der Waals surface area contributed by atoms with Crippen molar-refractivity contribution in [3.8, 4) is 0 Å². The summed E-state index contributed by atoms with van der Waals surface area (Å²) in [4.78, 5) is 36.0. The van der Waals surface area contributed by atoms with Crippen molar-refractivity contribution < 1.29 is 38.4 Å². The Morgan fingerprint density at radius 3 is 2.49 bits per heavy atom. The summed E-state index contributed by atoms with van der Waals surface area (Å²) in [5.74, 6) is -0.484. The Kier molecular flexibility index (Phi) is 11.2. The number of aliphatic hydroxyl groups excluding tert-OH is 1. The highest BCUT2D eigenvalue weighted by Crippen LogP contribution is 2.43. The van der Waals surface area contributed by atoms with E-state index in [1.165, 1.54) is 13.0 Å². The van der Waals surface area contributed by atoms with E-state index < -0.39 is 29.9 Å². The Morgan fingerprint density at radius 1 is 1.12 bits per heavy atom. The molecule has 3 saturated heterocycles. The van der Waals surface area contributed by atoms with Crippen molar-refractivity contribution in [2.24, 2.45) is 11.7 Å². The van der Waals surface area contributed by atoms with Gasteiger partial charge in [0.15, 0.2) is 0 Å². The first kappa shape index (κ1) is 33.3. The van der Waals surface area contributed by atoms with Crippen LogP contribution in [0.5, 0.6) is 0 Å². The Morgan fingerprint density at radius 2 is 1.84 bits per heavy atom. The van der Waals surface area contributed by atoms with Gasteiger partial charge in [0.05, 0.1) is 37.4 Å². The lowest BCUT2D eigenvalue weighted by molar-refractivity contribution is -0.146. The molecule has 0 unspecified atom stereocenters. The highest BCUT2D eigenvalue weighted by atomic mass is 16.6. The number of allylic oxidation sites excluding steroid dienone is 2. The lowest BCUT2D eigenvalue weighted by Crippen LogP contribution is -2.53. The van der Waals surface area contributed by atoms with Gasteiger partial charge in [0.25, 0.3) is 0 Å². The van der Waals surface area contributed by atoms with Crippen LogP contribution in [0.3, 0.4) is 0 Å². The number of hydrogen-bond acceptors (Lipinski definition) is 9. The number of ether oxygens (including phenoxy) is 4. The van der Waals surface area contributed by atoms with Crippen molar-refractivity contribution in [2.75, 3.05) is 6.61 Å². The van der Waals surface area contributed by atoms with Gasteiger partial charge in [0, 0.05) is 31.5 Å². The molecule has 2 amide bonds. The summed E-state index contributed by atoms with van der Waals surface area (Å²) >= 11 is 0. The summed E-state index contributed by atoms with van der Waals surface area (Å²) in [6.45, 7) is 9.56. The van der Waals surface area contributed by atoms with Crippen molar-refractivity contribution in [1.82, 2.24) is 10.6 Å². The molecule has 1 saturated carbocycles. The number of rotatable bonds is 11. The van der Waals surface area contributed by atoms with Gasteiger partial charge in [-0.1, -0.05) is 30.7 Å². The molecule has 5 N–H and O–H groups in total. The summed E-state index contributed by atoms with van der Waals surface area (Å²) in [7, 11) is 0. The maximum Gasteiger partial charge on any atom is 0.303 e. The molecule has 9 atom stereocenters. The Hall–Kier alpha value is -2.57. The van der Waals surface area contributed by atoms with Crippen LogP contribution in [0.2, 0.25) is 0 Å². The van der Waals surface area contributed by atoms with Crippen LogP contribution in [0.1, 0.15) is 73.1 Å². The van der Waals surface area contributed by atoms with Crippen LogP contribution in [0, 0.1) is 5.92 Å². The minimum atomic E-state index is -0.796. The van der Waals surface area contributed by atoms with E-state index >= 15 is 0 Å². The number of nitrogens with two attached hydrogens (primary N) is 1. The van der Waals surface area contributed by atoms with Gasteiger partial charge in [-0.3, -0.25) is 14.4 Å². The predicted octanol–water partition coefficient (Wildman–Crippen LogP) is 1.97. The van der Waals surface area contributed by atoms with Crippen LogP contribution in [-0.2, 0) is 33.3 Å². The van der Waals surface area contributed by atoms with E-state index in [0.717, 1.165) is 24.8 Å². The molecule has 3 heterocycles. The van der Waals surface area contributed by atoms with Crippen LogP contribution in [0.15, 0.2) is 36.0 Å². The van der Waals surface area contributed by atoms with Gasteiger partial charge >= 0.3 is 5.97 Å². The van der Waals surface area contributed by atoms with E-state index in [-0.39, 0.29) is 60.6 Å². The lowest BCUT2D eigenvalue weighted by Gasteiger charge is -2.39. The van der Waals surface area contributed by atoms with E-state index in [1.807, 2.05) is 26.0 Å². The molecule has 0 aromatic rings. The monoisotopic (exact) mass is 603 g/mol. The third-order valence-electron chi connectivity index (χ3n) is 8.88. The standard InChI is InChI=1S/C32H49N3O8/c1-18(6-9-27-19(2)12-26(21(4)42-27)35-29(37)11-8-20(3)41-22(5)36)7-10-28-31(39)32(17-40-32)16-25(43-28)15-30(38)34-24-13-23(33)14-24/h6-8,10-11,19-21,23-28,31,39H,9,12-17,33H2,1-5H3,(H,34,38)(H,35,37)/t19-,20-,21+,23?,24?,25+,26+,27-,28+,31+,32+/m0/s1. The normalized spacial score (nSPS) is 38.5. The first-order chi connectivity index (χ1) is 20.3. The van der Waals surface area contributed by atoms with E-state index in [1.54, 1.807) is 13.0 Å². The van der Waals surface area contributed by atoms with Crippen molar-refractivity contribution in [2.45, 2.75) is 133 Å². The van der Waals surface area contributed by atoms with E-state index in [4.69, 9.17) is 24.7 Å². The van der Waals surface area contributed by atoms with Gasteiger partial charge in [-0.15, -0.1) is 0 Å². The van der Waals surface area contributed by atoms with Gasteiger partial charge < -0.3 is 40.4 Å². The number of nitrogens with one attached hydrogen (secondary N) is 2. The fraction of sp³-hybridized carbons (Fsp3) is 0.719. The second kappa shape index (κ2) is 14.5. The molecule has 11 nitrogen and oxygen atoms in total. The molecular weight excluding hydrogens is 554 g/mol. The third-order valence-corrected chi connectivity index (χ3v) is 8.88. The van der Waals surface area contributed by atoms with Gasteiger partial charge in [-0.05, 0) is 58.4 Å². The van der Waals surface area contributed by atoms with Crippen LogP contribution in [0.25, 0.3) is 0 Å². The zero-order valence-electron chi connectivity index (χ0n) is 26.0. The molecule has 4 fully saturated rings. The molecule has 240 valence electrons. The molecular formula is C32H49N3O8. The Labute approximate surface area is 254 Å². The average molecular weight is 604 g/mol. The van der Waals surface area contributed by atoms with Crippen LogP contribution < -0.4 is 16.4 Å². The van der Waals surface area contributed by atoms with Crippen LogP contribution in [-0.4, -0.2) is 89.8 Å². The molecule has 0 radical (unpaired) electrons. The minimum absolute atomic E-state index is 0.00111. The van der Waals surface area contributed by atoms with Gasteiger partial charge in [-0.2, -0.15) is 0 Å². The van der Waals surface area contributed by atoms with Crippen molar-refractivity contribution in [3.05, 3.63) is 36.0 Å². The molecule has 4 rings (SSSR count). The second-order valence-corrected chi connectivity index (χ2v) is 12.8. The summed E-state index contributed by atoms with van der Waals surface area (Å²) in [5.41, 5.74) is 6.19. The number of carbonyl (C=O) groups excluding carboxylic acids is 3. The van der Waals surface area contributed by atoms with E-state index in [0.29, 0.717) is 19.4 Å². The zero-order chi connectivity index (χ0) is 31.3. The zero-order valence-corrected chi connectivity index (χ0v) is 26.0. The predicted molar refractivity (Wildman–Crippen MR) is 160 cm³/mol. The highest BCUT2D eigenvalue weighted by molar-refractivity contribution is 5.87. The van der Waals surface area contributed by atoms with E-state index in [9.17, 15) is 19.5 Å². The first-order valence-electron chi connectivity index (χ1n) is 15.5. The maximum atomic E-state index is 12.5. The molecule has 0 aromatic carbocycles. The SMILES string of the molecule is CC(=O)O[C@@H](C)C=CC(=O)N[C@@H]1C[C@H](C)[C@H](CC=C(C)C=C[C@H]2O[C@H](CC(=O)NC3CC(N)C3)C[C@@]3(CO3)[C@@H]2O)O[C@@H]1C. The second-order valence-electron chi connectivity index (χ2n) is 12.8. The average Bonchev–Trinajstić information content (AvgIpc) is 3.68. The fourth-order valence-corrected chi connectivity index (χ4v) is 6.16. The highest BCUT2D eigenvalue weighted by Gasteiger charge is 2.58. The number of hydrogen-bond donors (Lipinski definition) is 4. The first-order valence-corrected chi connectivity index (χ1v) is 15.5. The van der Waals surface area contributed by atoms with Crippen molar-refractivity contribution in [3.63, 3.8) is 0 Å². The lowest BCUT2D eigenvalue weighted by atomic mass is 9.86. The molecule has 1 aliphatic carbocycles. The van der Waals surface area contributed by atoms with E-state index in [2.05, 4.69) is 23.6 Å². The number of amides is 2. The molecule has 0 bridgehead atoms. The Bertz CT molecular complexity index is 1100. The quantitative estimate of drug-likeness (QED) is 0.120. The summed E-state index contributed by atoms with van der Waals surface area (Å²) in [6, 6.07) is 0.182. The fourth-order valence-electron chi connectivity index (χ4n) is 6.16. The third kappa shape index (κ3) is 9.46. The number of epoxide rings is 1. The Balaban J connectivity index is 1.24. The topological polar surface area (TPSA) is 162 Å². The van der Waals surface area contributed by atoms with Crippen LogP contribution >= 0.6 is 0 Å². The molecule has 43 heavy (non-hydrogen) atoms. The number of esters is 1. The number of carbonyl (C=O) groups is 3. The largest absolute Gasteiger partial charge is 0.459 e. The number of aliphatic hydroxyl groups is 1. The van der Waals surface area contributed by atoms with Gasteiger partial charge in [0.2, 0.25) is 11.8 Å².